The molecule has 1 amide bonds. The lowest BCUT2D eigenvalue weighted by Crippen LogP contribution is -2.57. The first-order valence-electron chi connectivity index (χ1n) is 12.3. The molecule has 0 aromatic heterocycles. The average molecular weight is 425 g/mol. The van der Waals surface area contributed by atoms with Gasteiger partial charge in [-0.3, -0.25) is 14.5 Å². The molecular weight excluding hydrogens is 388 g/mol. The number of carbonyl (C=O) groups is 2. The molecule has 0 bridgehead atoms. The Hall–Kier alpha value is -2.08. The summed E-state index contributed by atoms with van der Waals surface area (Å²) >= 11 is 0. The predicted octanol–water partition coefficient (Wildman–Crippen LogP) is 3.38. The van der Waals surface area contributed by atoms with Gasteiger partial charge in [-0.05, 0) is 62.5 Å². The highest BCUT2D eigenvalue weighted by atomic mass is 16.1. The van der Waals surface area contributed by atoms with Crippen molar-refractivity contribution in [2.75, 3.05) is 23.3 Å². The second-order valence-corrected chi connectivity index (χ2v) is 9.98. The quantitative estimate of drug-likeness (QED) is 0.726. The number of para-hydroxylation sites is 2. The zero-order valence-corrected chi connectivity index (χ0v) is 18.6. The summed E-state index contributed by atoms with van der Waals surface area (Å²) in [5.41, 5.74) is 2.24. The first-order valence-corrected chi connectivity index (χ1v) is 12.3. The number of rotatable bonds is 4. The van der Waals surface area contributed by atoms with Crippen LogP contribution in [0.1, 0.15) is 58.3 Å². The summed E-state index contributed by atoms with van der Waals surface area (Å²) in [5, 5.41) is 6.64. The minimum absolute atomic E-state index is 0.123. The van der Waals surface area contributed by atoms with Crippen molar-refractivity contribution >= 4 is 23.6 Å². The number of anilines is 2. The number of carbonyl (C=O) groups excluding carboxylic acids is 2. The molecule has 5 atom stereocenters. The predicted molar refractivity (Wildman–Crippen MR) is 123 cm³/mol. The highest BCUT2D eigenvalue weighted by Crippen LogP contribution is 2.44. The van der Waals surface area contributed by atoms with Crippen molar-refractivity contribution in [3.63, 3.8) is 0 Å². The number of fused-ring (bicyclic) bond motifs is 2. The minimum Gasteiger partial charge on any atom is -0.358 e. The van der Waals surface area contributed by atoms with Crippen molar-refractivity contribution in [3.8, 4) is 0 Å². The molecule has 31 heavy (non-hydrogen) atoms. The fraction of sp³-hybridized carbons (Fsp3) is 0.680. The fourth-order valence-corrected chi connectivity index (χ4v) is 7.08. The normalized spacial score (nSPS) is 33.8. The van der Waals surface area contributed by atoms with Crippen LogP contribution in [0.5, 0.6) is 0 Å². The van der Waals surface area contributed by atoms with Gasteiger partial charge in [0.05, 0.1) is 11.4 Å². The standard InChI is InChI=1S/C25H36N4O2/c1-17(31)26-21-9-4-7-20-19(21)6-5-11-23(20)28-14-12-18(13-15-28)29-24-10-3-2-8-22(24)27-25(29)16-30/h2-3,8,10,16,18-21,23,25,27H,4-7,9,11-15H2,1H3,(H,26,31). The van der Waals surface area contributed by atoms with Gasteiger partial charge >= 0.3 is 0 Å². The van der Waals surface area contributed by atoms with Crippen LogP contribution in [0.3, 0.4) is 0 Å². The van der Waals surface area contributed by atoms with Crippen LogP contribution in [0.2, 0.25) is 0 Å². The first-order chi connectivity index (χ1) is 15.2. The summed E-state index contributed by atoms with van der Waals surface area (Å²) in [6.45, 7) is 3.87. The third kappa shape index (κ3) is 3.95. The van der Waals surface area contributed by atoms with Crippen molar-refractivity contribution in [2.45, 2.75) is 82.6 Å². The van der Waals surface area contributed by atoms with Gasteiger partial charge in [0, 0.05) is 38.1 Å². The van der Waals surface area contributed by atoms with E-state index < -0.39 is 0 Å². The number of hydrogen-bond acceptors (Lipinski definition) is 5. The zero-order valence-electron chi connectivity index (χ0n) is 18.6. The van der Waals surface area contributed by atoms with Crippen LogP contribution in [0.4, 0.5) is 11.4 Å². The molecule has 6 nitrogen and oxygen atoms in total. The van der Waals surface area contributed by atoms with Crippen LogP contribution >= 0.6 is 0 Å². The zero-order chi connectivity index (χ0) is 21.4. The second-order valence-electron chi connectivity index (χ2n) is 9.98. The number of nitrogens with zero attached hydrogens (tertiary/aromatic N) is 2. The number of nitrogens with one attached hydrogen (secondary N) is 2. The maximum atomic E-state index is 11.8. The fourth-order valence-electron chi connectivity index (χ4n) is 7.08. The van der Waals surface area contributed by atoms with Gasteiger partial charge in [-0.25, -0.2) is 0 Å². The molecule has 168 valence electrons. The van der Waals surface area contributed by atoms with Gasteiger partial charge in [0.1, 0.15) is 0 Å². The maximum absolute atomic E-state index is 11.8. The first kappa shape index (κ1) is 20.8. The number of piperidine rings is 1. The number of hydrogen-bond donors (Lipinski definition) is 2. The van der Waals surface area contributed by atoms with Gasteiger partial charge in [0.2, 0.25) is 5.91 Å². The topological polar surface area (TPSA) is 64.7 Å². The Morgan fingerprint density at radius 3 is 2.55 bits per heavy atom. The Labute approximate surface area is 185 Å². The van der Waals surface area contributed by atoms with Crippen LogP contribution in [-0.2, 0) is 9.59 Å². The molecule has 5 rings (SSSR count). The van der Waals surface area contributed by atoms with E-state index in [4.69, 9.17) is 0 Å². The molecule has 5 unspecified atom stereocenters. The van der Waals surface area contributed by atoms with Crippen molar-refractivity contribution in [3.05, 3.63) is 24.3 Å². The molecule has 1 aromatic rings. The second kappa shape index (κ2) is 8.81. The van der Waals surface area contributed by atoms with E-state index in [-0.39, 0.29) is 12.1 Å². The Bertz CT molecular complexity index is 806. The van der Waals surface area contributed by atoms with Crippen molar-refractivity contribution in [1.82, 2.24) is 10.2 Å². The molecule has 1 saturated heterocycles. The summed E-state index contributed by atoms with van der Waals surface area (Å²) in [6.07, 6.45) is 10.5. The van der Waals surface area contributed by atoms with Crippen molar-refractivity contribution in [1.29, 1.82) is 0 Å². The monoisotopic (exact) mass is 424 g/mol. The summed E-state index contributed by atoms with van der Waals surface area (Å²) in [4.78, 5) is 28.5. The van der Waals surface area contributed by atoms with E-state index in [1.54, 1.807) is 6.92 Å². The van der Waals surface area contributed by atoms with Gasteiger partial charge in [-0.2, -0.15) is 0 Å². The van der Waals surface area contributed by atoms with E-state index in [1.807, 2.05) is 6.07 Å². The number of aldehydes is 1. The summed E-state index contributed by atoms with van der Waals surface area (Å²) in [6, 6.07) is 9.72. The summed E-state index contributed by atoms with van der Waals surface area (Å²) in [5.74, 6) is 1.48. The van der Waals surface area contributed by atoms with Gasteiger partial charge in [0.15, 0.2) is 12.5 Å². The Morgan fingerprint density at radius 1 is 1.03 bits per heavy atom. The van der Waals surface area contributed by atoms with E-state index in [0.717, 1.165) is 44.3 Å². The summed E-state index contributed by atoms with van der Waals surface area (Å²) in [7, 11) is 0. The van der Waals surface area contributed by atoms with E-state index >= 15 is 0 Å². The molecule has 2 aliphatic heterocycles. The number of amides is 1. The molecule has 1 aromatic carbocycles. The Balaban J connectivity index is 1.25. The number of likely N-dealkylation sites (tertiary alicyclic amines) is 1. The minimum atomic E-state index is -0.246. The van der Waals surface area contributed by atoms with Gasteiger partial charge in [-0.15, -0.1) is 0 Å². The van der Waals surface area contributed by atoms with Crippen molar-refractivity contribution < 1.29 is 9.59 Å². The lowest BCUT2D eigenvalue weighted by molar-refractivity contribution is -0.121. The van der Waals surface area contributed by atoms with Crippen LogP contribution in [0, 0.1) is 11.8 Å². The van der Waals surface area contributed by atoms with Crippen LogP contribution in [0.15, 0.2) is 24.3 Å². The molecule has 2 aliphatic carbocycles. The lowest BCUT2D eigenvalue weighted by Gasteiger charge is -2.51. The molecule has 2 heterocycles. The lowest BCUT2D eigenvalue weighted by atomic mass is 9.65. The molecule has 3 fully saturated rings. The van der Waals surface area contributed by atoms with E-state index in [1.165, 1.54) is 37.8 Å². The van der Waals surface area contributed by atoms with Crippen LogP contribution in [-0.4, -0.2) is 54.5 Å². The molecule has 4 aliphatic rings. The summed E-state index contributed by atoms with van der Waals surface area (Å²) < 4.78 is 0. The smallest absolute Gasteiger partial charge is 0.217 e. The highest BCUT2D eigenvalue weighted by molar-refractivity contribution is 5.84. The van der Waals surface area contributed by atoms with Crippen molar-refractivity contribution in [2.24, 2.45) is 11.8 Å². The van der Waals surface area contributed by atoms with Gasteiger partial charge in [-0.1, -0.05) is 25.0 Å². The molecular formula is C25H36N4O2. The van der Waals surface area contributed by atoms with E-state index in [2.05, 4.69) is 38.6 Å². The van der Waals surface area contributed by atoms with Crippen LogP contribution < -0.4 is 15.5 Å². The average Bonchev–Trinajstić information content (AvgIpc) is 3.17. The van der Waals surface area contributed by atoms with Gasteiger partial charge < -0.3 is 15.5 Å². The third-order valence-electron chi connectivity index (χ3n) is 8.32. The molecule has 2 saturated carbocycles. The molecule has 2 N–H and O–H groups in total. The molecule has 6 heteroatoms. The Kier molecular flexibility index (Phi) is 5.91. The van der Waals surface area contributed by atoms with E-state index in [0.29, 0.717) is 30.0 Å². The Morgan fingerprint density at radius 2 is 1.77 bits per heavy atom. The molecule has 0 radical (unpaired) electrons. The van der Waals surface area contributed by atoms with Crippen LogP contribution in [0.25, 0.3) is 0 Å². The maximum Gasteiger partial charge on any atom is 0.217 e. The van der Waals surface area contributed by atoms with E-state index in [9.17, 15) is 9.59 Å². The SMILES string of the molecule is CC(=O)NC1CCCC2C1CCCC2N1CCC(N2c3ccccc3NC2C=O)CC1. The molecule has 0 spiro atoms. The largest absolute Gasteiger partial charge is 0.358 e. The third-order valence-corrected chi connectivity index (χ3v) is 8.32. The number of benzene rings is 1. The van der Waals surface area contributed by atoms with Gasteiger partial charge in [0.25, 0.3) is 0 Å². The highest BCUT2D eigenvalue weighted by Gasteiger charge is 2.44.